The molecule has 0 aromatic heterocycles. The number of sulfonamides is 1. The third-order valence-electron chi connectivity index (χ3n) is 2.54. The highest BCUT2D eigenvalue weighted by molar-refractivity contribution is 7.89. The highest BCUT2D eigenvalue weighted by atomic mass is 32.2. The maximum atomic E-state index is 11.9. The van der Waals surface area contributed by atoms with E-state index in [2.05, 4.69) is 4.72 Å². The Kier molecular flexibility index (Phi) is 4.48. The molecule has 6 heteroatoms. The Hall–Kier alpha value is -1.40. The molecular weight excluding hydrogens is 254 g/mol. The van der Waals surface area contributed by atoms with Crippen LogP contribution < -0.4 is 4.72 Å². The molecule has 1 atom stereocenters. The molecule has 1 rings (SSSR count). The van der Waals surface area contributed by atoms with Crippen molar-refractivity contribution in [3.8, 4) is 0 Å². The summed E-state index contributed by atoms with van der Waals surface area (Å²) < 4.78 is 26.0. The molecular formula is C12H17NO4S. The Morgan fingerprint density at radius 3 is 2.39 bits per heavy atom. The Morgan fingerprint density at radius 2 is 1.89 bits per heavy atom. The quantitative estimate of drug-likeness (QED) is 0.851. The molecule has 18 heavy (non-hydrogen) atoms. The molecule has 0 radical (unpaired) electrons. The van der Waals surface area contributed by atoms with E-state index in [9.17, 15) is 13.2 Å². The predicted octanol–water partition coefficient (Wildman–Crippen LogP) is 1.56. The number of carboxylic acid groups (broad SMARTS) is 1. The molecule has 1 aromatic rings. The summed E-state index contributed by atoms with van der Waals surface area (Å²) >= 11 is 0. The summed E-state index contributed by atoms with van der Waals surface area (Å²) in [4.78, 5) is 10.7. The Bertz CT molecular complexity index is 537. The standard InChI is InChI=1S/C12H17NO4S/c1-8(2)10-5-4-6-11(7-10)18(16,17)13-9(3)12(14)15/h4-9,13H,1-3H3,(H,14,15)/t9-/m0/s1. The van der Waals surface area contributed by atoms with Gasteiger partial charge >= 0.3 is 5.97 Å². The van der Waals surface area contributed by atoms with Gasteiger partial charge in [0.25, 0.3) is 0 Å². The Labute approximate surface area is 107 Å². The number of benzene rings is 1. The lowest BCUT2D eigenvalue weighted by molar-refractivity contribution is -0.138. The summed E-state index contributed by atoms with van der Waals surface area (Å²) in [5.41, 5.74) is 0.890. The topological polar surface area (TPSA) is 83.5 Å². The van der Waals surface area contributed by atoms with Crippen LogP contribution in [0.2, 0.25) is 0 Å². The molecule has 100 valence electrons. The van der Waals surface area contributed by atoms with Gasteiger partial charge in [-0.2, -0.15) is 4.72 Å². The van der Waals surface area contributed by atoms with Gasteiger partial charge in [-0.15, -0.1) is 0 Å². The Balaban J connectivity index is 3.05. The van der Waals surface area contributed by atoms with Crippen molar-refractivity contribution in [2.24, 2.45) is 0 Å². The average molecular weight is 271 g/mol. The first kappa shape index (κ1) is 14.7. The largest absolute Gasteiger partial charge is 0.480 e. The second kappa shape index (κ2) is 5.49. The number of carbonyl (C=O) groups is 1. The second-order valence-electron chi connectivity index (χ2n) is 4.41. The van der Waals surface area contributed by atoms with Crippen LogP contribution in [-0.4, -0.2) is 25.5 Å². The zero-order valence-electron chi connectivity index (χ0n) is 10.5. The van der Waals surface area contributed by atoms with Crippen LogP contribution in [0.25, 0.3) is 0 Å². The molecule has 0 saturated carbocycles. The van der Waals surface area contributed by atoms with Crippen LogP contribution in [0.1, 0.15) is 32.3 Å². The van der Waals surface area contributed by atoms with E-state index in [0.717, 1.165) is 5.56 Å². The highest BCUT2D eigenvalue weighted by Gasteiger charge is 2.21. The van der Waals surface area contributed by atoms with E-state index in [4.69, 9.17) is 5.11 Å². The van der Waals surface area contributed by atoms with Crippen molar-refractivity contribution >= 4 is 16.0 Å². The number of hydrogen-bond donors (Lipinski definition) is 2. The van der Waals surface area contributed by atoms with Crippen LogP contribution in [0.15, 0.2) is 29.2 Å². The zero-order chi connectivity index (χ0) is 13.9. The summed E-state index contributed by atoms with van der Waals surface area (Å²) in [6, 6.07) is 5.34. The van der Waals surface area contributed by atoms with Crippen LogP contribution in [0.4, 0.5) is 0 Å². The summed E-state index contributed by atoms with van der Waals surface area (Å²) in [7, 11) is -3.79. The van der Waals surface area contributed by atoms with E-state index >= 15 is 0 Å². The number of carboxylic acids is 1. The fourth-order valence-corrected chi connectivity index (χ4v) is 2.64. The summed E-state index contributed by atoms with van der Waals surface area (Å²) in [6.45, 7) is 5.20. The Morgan fingerprint density at radius 1 is 1.28 bits per heavy atom. The van der Waals surface area contributed by atoms with Crippen LogP contribution in [-0.2, 0) is 14.8 Å². The van der Waals surface area contributed by atoms with Crippen molar-refractivity contribution in [3.63, 3.8) is 0 Å². The summed E-state index contributed by atoms with van der Waals surface area (Å²) in [5, 5.41) is 8.71. The van der Waals surface area contributed by atoms with Gasteiger partial charge < -0.3 is 5.11 Å². The van der Waals surface area contributed by atoms with Crippen molar-refractivity contribution < 1.29 is 18.3 Å². The van der Waals surface area contributed by atoms with Gasteiger partial charge in [0.05, 0.1) is 4.90 Å². The SMILES string of the molecule is CC(C)c1cccc(S(=O)(=O)N[C@@H](C)C(=O)O)c1. The molecule has 0 aliphatic heterocycles. The first-order valence-electron chi connectivity index (χ1n) is 5.59. The summed E-state index contributed by atoms with van der Waals surface area (Å²) in [5.74, 6) is -1.00. The van der Waals surface area contributed by atoms with Gasteiger partial charge in [-0.05, 0) is 30.5 Å². The second-order valence-corrected chi connectivity index (χ2v) is 6.12. The maximum absolute atomic E-state index is 11.9. The molecule has 0 bridgehead atoms. The van der Waals surface area contributed by atoms with Gasteiger partial charge in [0.2, 0.25) is 10.0 Å². The predicted molar refractivity (Wildman–Crippen MR) is 68.0 cm³/mol. The van der Waals surface area contributed by atoms with Gasteiger partial charge in [0.15, 0.2) is 0 Å². The van der Waals surface area contributed by atoms with E-state index in [-0.39, 0.29) is 10.8 Å². The van der Waals surface area contributed by atoms with Gasteiger partial charge in [-0.3, -0.25) is 4.79 Å². The lowest BCUT2D eigenvalue weighted by Crippen LogP contribution is -2.38. The molecule has 0 aliphatic rings. The average Bonchev–Trinajstić information content (AvgIpc) is 2.28. The van der Waals surface area contributed by atoms with Crippen LogP contribution in [0.3, 0.4) is 0 Å². The maximum Gasteiger partial charge on any atom is 0.321 e. The minimum Gasteiger partial charge on any atom is -0.480 e. The molecule has 0 amide bonds. The third-order valence-corrected chi connectivity index (χ3v) is 4.08. The fraction of sp³-hybridized carbons (Fsp3) is 0.417. The molecule has 0 unspecified atom stereocenters. The van der Waals surface area contributed by atoms with Crippen molar-refractivity contribution in [1.29, 1.82) is 0 Å². The molecule has 0 heterocycles. The molecule has 2 N–H and O–H groups in total. The van der Waals surface area contributed by atoms with Gasteiger partial charge in [0.1, 0.15) is 6.04 Å². The van der Waals surface area contributed by atoms with Crippen LogP contribution in [0, 0.1) is 0 Å². The third kappa shape index (κ3) is 3.54. The lowest BCUT2D eigenvalue weighted by atomic mass is 10.0. The van der Waals surface area contributed by atoms with Crippen molar-refractivity contribution in [2.45, 2.75) is 37.6 Å². The highest BCUT2D eigenvalue weighted by Crippen LogP contribution is 2.18. The molecule has 5 nitrogen and oxygen atoms in total. The number of nitrogens with one attached hydrogen (secondary N) is 1. The van der Waals surface area contributed by atoms with Gasteiger partial charge in [-0.1, -0.05) is 26.0 Å². The normalized spacial score (nSPS) is 13.6. The zero-order valence-corrected chi connectivity index (χ0v) is 11.4. The van der Waals surface area contributed by atoms with Gasteiger partial charge in [-0.25, -0.2) is 8.42 Å². The molecule has 0 aliphatic carbocycles. The van der Waals surface area contributed by atoms with Gasteiger partial charge in [0, 0.05) is 0 Å². The minimum atomic E-state index is -3.79. The smallest absolute Gasteiger partial charge is 0.321 e. The van der Waals surface area contributed by atoms with Crippen molar-refractivity contribution in [3.05, 3.63) is 29.8 Å². The van der Waals surface area contributed by atoms with Crippen molar-refractivity contribution in [1.82, 2.24) is 4.72 Å². The number of rotatable bonds is 5. The minimum absolute atomic E-state index is 0.0850. The molecule has 0 saturated heterocycles. The molecule has 1 aromatic carbocycles. The van der Waals surface area contributed by atoms with E-state index in [1.165, 1.54) is 13.0 Å². The number of aliphatic carboxylic acids is 1. The van der Waals surface area contributed by atoms with E-state index in [1.807, 2.05) is 19.9 Å². The first-order chi connectivity index (χ1) is 8.24. The van der Waals surface area contributed by atoms with E-state index < -0.39 is 22.0 Å². The van der Waals surface area contributed by atoms with Crippen molar-refractivity contribution in [2.75, 3.05) is 0 Å². The van der Waals surface area contributed by atoms with E-state index in [0.29, 0.717) is 0 Å². The summed E-state index contributed by atoms with van der Waals surface area (Å²) in [6.07, 6.45) is 0. The van der Waals surface area contributed by atoms with Crippen LogP contribution >= 0.6 is 0 Å². The lowest BCUT2D eigenvalue weighted by Gasteiger charge is -2.12. The first-order valence-corrected chi connectivity index (χ1v) is 7.07. The van der Waals surface area contributed by atoms with E-state index in [1.54, 1.807) is 12.1 Å². The molecule has 0 fully saturated rings. The van der Waals surface area contributed by atoms with Crippen LogP contribution in [0.5, 0.6) is 0 Å². The number of hydrogen-bond acceptors (Lipinski definition) is 3. The molecule has 0 spiro atoms. The fourth-order valence-electron chi connectivity index (χ4n) is 1.39. The monoisotopic (exact) mass is 271 g/mol.